The van der Waals surface area contributed by atoms with Gasteiger partial charge in [0.05, 0.1) is 34.0 Å². The molecule has 0 bridgehead atoms. The molecule has 76 heavy (non-hydrogen) atoms. The van der Waals surface area contributed by atoms with Crippen LogP contribution in [0.4, 0.5) is 34.1 Å². The maximum atomic E-state index is 6.37. The standard InChI is InChI=1S/C30H19NO2.C24H22BNO4.C12H9Br/c1-2-7-20(8-3-1)21-13-15-22(16-14-21)23-17-18-25-29(19-23)33-28-12-6-11-27-30(28)31(25)24-9-4-5-10-26(24)32-27;1-23(2)24(3,4)30-25(29-23)15-12-13-17-21(14-15)28-20-11-7-10-19-22(20)26(17)16-8-5-6-9-18(16)27-19;13-12-8-6-11(7-9-12)10-4-2-1-3-5-10/h1-19H;5-14H,1-4H3;1-9H. The van der Waals surface area contributed by atoms with Gasteiger partial charge in [0, 0.05) is 4.47 Å². The van der Waals surface area contributed by atoms with E-state index >= 15 is 0 Å². The van der Waals surface area contributed by atoms with Crippen LogP contribution in [0.3, 0.4) is 0 Å². The number of hydrogen-bond acceptors (Lipinski definition) is 8. The van der Waals surface area contributed by atoms with E-state index in [0.717, 1.165) is 101 Å². The average Bonchev–Trinajstić information content (AvgIpc) is 3.69. The maximum absolute atomic E-state index is 6.37. The molecule has 0 aromatic heterocycles. The summed E-state index contributed by atoms with van der Waals surface area (Å²) in [5.41, 5.74) is 13.2. The summed E-state index contributed by atoms with van der Waals surface area (Å²) in [5.74, 6) is 6.42. The fraction of sp³-hybridized carbons (Fsp3) is 0.0909. The van der Waals surface area contributed by atoms with Gasteiger partial charge in [0.15, 0.2) is 46.0 Å². The van der Waals surface area contributed by atoms with E-state index in [0.29, 0.717) is 0 Å². The average molecular weight is 1060 g/mol. The molecule has 5 aliphatic rings. The van der Waals surface area contributed by atoms with Gasteiger partial charge in [-0.3, -0.25) is 9.80 Å². The first kappa shape index (κ1) is 47.2. The zero-order valence-electron chi connectivity index (χ0n) is 42.2. The predicted octanol–water partition coefficient (Wildman–Crippen LogP) is 18.5. The Labute approximate surface area is 451 Å². The summed E-state index contributed by atoms with van der Waals surface area (Å²) in [6.07, 6.45) is 0. The van der Waals surface area contributed by atoms with Crippen molar-refractivity contribution in [3.8, 4) is 79.4 Å². The highest BCUT2D eigenvalue weighted by atomic mass is 79.9. The van der Waals surface area contributed by atoms with E-state index in [1.165, 1.54) is 22.3 Å². The van der Waals surface area contributed by atoms with Crippen LogP contribution in [0.5, 0.6) is 46.0 Å². The number of halogens is 1. The quantitative estimate of drug-likeness (QED) is 0.162. The Balaban J connectivity index is 0.000000119. The van der Waals surface area contributed by atoms with Gasteiger partial charge in [0.2, 0.25) is 0 Å². The normalized spacial score (nSPS) is 14.8. The molecule has 1 fully saturated rings. The van der Waals surface area contributed by atoms with E-state index in [2.05, 4.69) is 193 Å². The number of ether oxygens (including phenoxy) is 4. The van der Waals surface area contributed by atoms with Crippen LogP contribution in [0, 0.1) is 0 Å². The highest BCUT2D eigenvalue weighted by Crippen LogP contribution is 2.61. The van der Waals surface area contributed by atoms with Gasteiger partial charge in [0.25, 0.3) is 0 Å². The van der Waals surface area contributed by atoms with Crippen molar-refractivity contribution >= 4 is 62.6 Å². The predicted molar refractivity (Wildman–Crippen MR) is 309 cm³/mol. The molecule has 0 aliphatic carbocycles. The van der Waals surface area contributed by atoms with Crippen LogP contribution in [-0.2, 0) is 9.31 Å². The molecule has 0 saturated carbocycles. The molecule has 370 valence electrons. The Kier molecular flexibility index (Phi) is 11.8. The van der Waals surface area contributed by atoms with Gasteiger partial charge in [-0.1, -0.05) is 162 Å². The summed E-state index contributed by atoms with van der Waals surface area (Å²) >= 11 is 3.42. The lowest BCUT2D eigenvalue weighted by Crippen LogP contribution is -2.41. The molecule has 10 aromatic carbocycles. The number of nitrogens with zero attached hydrogens (tertiary/aromatic N) is 2. The minimum atomic E-state index is -0.436. The van der Waals surface area contributed by atoms with Crippen molar-refractivity contribution in [2.24, 2.45) is 0 Å². The molecule has 0 radical (unpaired) electrons. The number of benzene rings is 10. The SMILES string of the molecule is Brc1ccc(-c2ccccc2)cc1.CC1(C)OB(c2ccc3c(c2)Oc2cccc4c2N3c2ccccc2O4)OC1(C)C.c1ccc(-c2ccc(-c3ccc4c(c3)Oc3cccc5c3N4c3ccccc3O5)cc2)cc1. The molecular formula is C66H50BBrN2O6. The Morgan fingerprint density at radius 2 is 0.658 bits per heavy atom. The molecule has 15 rings (SSSR count). The third-order valence-electron chi connectivity index (χ3n) is 14.7. The van der Waals surface area contributed by atoms with Crippen molar-refractivity contribution in [3.05, 3.63) is 235 Å². The first-order chi connectivity index (χ1) is 37.0. The summed E-state index contributed by atoms with van der Waals surface area (Å²) in [5, 5.41) is 0. The summed E-state index contributed by atoms with van der Waals surface area (Å²) in [6, 6.07) is 78.4. The second-order valence-corrected chi connectivity index (χ2v) is 21.0. The molecular weight excluding hydrogens is 1010 g/mol. The van der Waals surface area contributed by atoms with E-state index in [-0.39, 0.29) is 11.2 Å². The first-order valence-corrected chi connectivity index (χ1v) is 26.2. The second-order valence-electron chi connectivity index (χ2n) is 20.0. The van der Waals surface area contributed by atoms with Crippen LogP contribution in [0.25, 0.3) is 33.4 Å². The molecule has 1 saturated heterocycles. The van der Waals surface area contributed by atoms with Crippen molar-refractivity contribution in [2.45, 2.75) is 38.9 Å². The molecule has 0 amide bonds. The molecule has 10 heteroatoms. The Hall–Kier alpha value is -8.54. The lowest BCUT2D eigenvalue weighted by Gasteiger charge is -2.37. The largest absolute Gasteiger partial charge is 0.494 e. The molecule has 0 unspecified atom stereocenters. The van der Waals surface area contributed by atoms with Gasteiger partial charge in [-0.2, -0.15) is 0 Å². The van der Waals surface area contributed by atoms with Crippen molar-refractivity contribution in [2.75, 3.05) is 9.80 Å². The van der Waals surface area contributed by atoms with Crippen LogP contribution in [0.15, 0.2) is 235 Å². The lowest BCUT2D eigenvalue weighted by atomic mass is 9.78. The Morgan fingerprint density at radius 3 is 1.14 bits per heavy atom. The minimum Gasteiger partial charge on any atom is -0.453 e. The fourth-order valence-electron chi connectivity index (χ4n) is 10.1. The van der Waals surface area contributed by atoms with E-state index in [1.807, 2.05) is 91.0 Å². The summed E-state index contributed by atoms with van der Waals surface area (Å²) < 4.78 is 38.6. The summed E-state index contributed by atoms with van der Waals surface area (Å²) in [7, 11) is -0.436. The van der Waals surface area contributed by atoms with E-state index in [4.69, 9.17) is 28.3 Å². The third kappa shape index (κ3) is 8.54. The number of rotatable bonds is 4. The lowest BCUT2D eigenvalue weighted by molar-refractivity contribution is 0.00578. The molecule has 0 atom stereocenters. The number of para-hydroxylation sites is 6. The molecule has 5 aliphatic heterocycles. The molecule has 8 nitrogen and oxygen atoms in total. The molecule has 5 heterocycles. The molecule has 0 N–H and O–H groups in total. The molecule has 10 aromatic rings. The van der Waals surface area contributed by atoms with Crippen LogP contribution in [0.1, 0.15) is 27.7 Å². The van der Waals surface area contributed by atoms with Gasteiger partial charge in [-0.25, -0.2) is 0 Å². The number of hydrogen-bond donors (Lipinski definition) is 0. The first-order valence-electron chi connectivity index (χ1n) is 25.4. The van der Waals surface area contributed by atoms with E-state index in [9.17, 15) is 0 Å². The summed E-state index contributed by atoms with van der Waals surface area (Å²) in [4.78, 5) is 4.45. The highest BCUT2D eigenvalue weighted by molar-refractivity contribution is 9.10. The zero-order chi connectivity index (χ0) is 51.5. The Morgan fingerprint density at radius 1 is 0.316 bits per heavy atom. The van der Waals surface area contributed by atoms with Crippen molar-refractivity contribution < 1.29 is 28.3 Å². The van der Waals surface area contributed by atoms with Gasteiger partial charge in [-0.15, -0.1) is 0 Å². The fourth-order valence-corrected chi connectivity index (χ4v) is 10.4. The van der Waals surface area contributed by atoms with Crippen molar-refractivity contribution in [1.29, 1.82) is 0 Å². The van der Waals surface area contributed by atoms with Gasteiger partial charge in [-0.05, 0) is 151 Å². The second kappa shape index (κ2) is 19.0. The van der Waals surface area contributed by atoms with E-state index < -0.39 is 7.12 Å². The topological polar surface area (TPSA) is 61.9 Å². The maximum Gasteiger partial charge on any atom is 0.494 e. The Bertz CT molecular complexity index is 3800. The number of fused-ring (bicyclic) bond motifs is 8. The zero-order valence-corrected chi connectivity index (χ0v) is 43.8. The van der Waals surface area contributed by atoms with Crippen molar-refractivity contribution in [3.63, 3.8) is 0 Å². The van der Waals surface area contributed by atoms with Crippen LogP contribution in [0.2, 0.25) is 0 Å². The number of anilines is 6. The minimum absolute atomic E-state index is 0.390. The highest BCUT2D eigenvalue weighted by Gasteiger charge is 2.52. The monoisotopic (exact) mass is 1060 g/mol. The van der Waals surface area contributed by atoms with Crippen LogP contribution >= 0.6 is 15.9 Å². The van der Waals surface area contributed by atoms with Gasteiger partial charge < -0.3 is 28.3 Å². The summed E-state index contributed by atoms with van der Waals surface area (Å²) in [6.45, 7) is 8.24. The van der Waals surface area contributed by atoms with E-state index in [1.54, 1.807) is 0 Å². The van der Waals surface area contributed by atoms with Crippen molar-refractivity contribution in [1.82, 2.24) is 0 Å². The van der Waals surface area contributed by atoms with Crippen LogP contribution in [-0.4, -0.2) is 18.3 Å². The van der Waals surface area contributed by atoms with Gasteiger partial charge in [0.1, 0.15) is 11.4 Å². The van der Waals surface area contributed by atoms with Gasteiger partial charge >= 0.3 is 7.12 Å². The van der Waals surface area contributed by atoms with Crippen LogP contribution < -0.4 is 34.2 Å². The third-order valence-corrected chi connectivity index (χ3v) is 15.2. The molecule has 0 spiro atoms. The smallest absolute Gasteiger partial charge is 0.453 e.